The first-order valence-corrected chi connectivity index (χ1v) is 13.2. The number of ketones is 1. The number of likely N-dealkylation sites (tertiary alicyclic amines) is 1. The molecule has 2 aromatic carbocycles. The van der Waals surface area contributed by atoms with Gasteiger partial charge in [0.25, 0.3) is 5.91 Å². The molecule has 1 aliphatic rings. The van der Waals surface area contributed by atoms with Gasteiger partial charge in [0.15, 0.2) is 5.78 Å². The van der Waals surface area contributed by atoms with Crippen molar-refractivity contribution in [3.8, 4) is 11.5 Å². The van der Waals surface area contributed by atoms with Gasteiger partial charge in [0, 0.05) is 34.3 Å². The van der Waals surface area contributed by atoms with Crippen LogP contribution in [0.3, 0.4) is 0 Å². The van der Waals surface area contributed by atoms with Gasteiger partial charge in [-0.1, -0.05) is 30.3 Å². The highest BCUT2D eigenvalue weighted by Crippen LogP contribution is 2.35. The first-order valence-electron chi connectivity index (χ1n) is 12.3. The number of nitrogens with zero attached hydrogens (tertiary/aromatic N) is 4. The lowest BCUT2D eigenvalue weighted by molar-refractivity contribution is 0.0735. The van der Waals surface area contributed by atoms with E-state index in [-0.39, 0.29) is 29.5 Å². The Labute approximate surface area is 219 Å². The number of rotatable bonds is 7. The second-order valence-electron chi connectivity index (χ2n) is 9.83. The van der Waals surface area contributed by atoms with Crippen molar-refractivity contribution in [2.45, 2.75) is 51.6 Å². The van der Waals surface area contributed by atoms with Gasteiger partial charge < -0.3 is 15.1 Å². The van der Waals surface area contributed by atoms with Crippen LogP contribution in [0.5, 0.6) is 0 Å². The largest absolute Gasteiger partial charge is 0.419 e. The van der Waals surface area contributed by atoms with Crippen LogP contribution < -0.4 is 5.73 Å². The zero-order valence-electron chi connectivity index (χ0n) is 21.1. The van der Waals surface area contributed by atoms with Crippen molar-refractivity contribution in [1.29, 1.82) is 0 Å². The summed E-state index contributed by atoms with van der Waals surface area (Å²) in [6.07, 6.45) is 2.28. The summed E-state index contributed by atoms with van der Waals surface area (Å²) in [6.45, 7) is 5.90. The van der Waals surface area contributed by atoms with Crippen molar-refractivity contribution >= 4 is 23.0 Å². The molecule has 2 N–H and O–H groups in total. The molecule has 0 saturated carbocycles. The first kappa shape index (κ1) is 25.0. The fraction of sp³-hybridized carbons (Fsp3) is 0.321. The molecule has 9 heteroatoms. The maximum atomic E-state index is 13.7. The number of carbonyl (C=O) groups is 2. The normalized spacial score (nSPS) is 17.1. The molecule has 190 valence electrons. The molecule has 1 aliphatic heterocycles. The molecule has 37 heavy (non-hydrogen) atoms. The van der Waals surface area contributed by atoms with Crippen molar-refractivity contribution in [3.63, 3.8) is 0 Å². The van der Waals surface area contributed by atoms with E-state index in [1.807, 2.05) is 54.5 Å². The molecule has 3 heterocycles. The third-order valence-corrected chi connectivity index (χ3v) is 7.66. The number of Topliss-reactive ketones (excluding diaryl/α,β-unsaturated/α-hetero) is 1. The summed E-state index contributed by atoms with van der Waals surface area (Å²) in [7, 11) is 0. The predicted molar refractivity (Wildman–Crippen MR) is 141 cm³/mol. The van der Waals surface area contributed by atoms with Crippen molar-refractivity contribution < 1.29 is 14.0 Å². The number of benzene rings is 2. The van der Waals surface area contributed by atoms with Crippen molar-refractivity contribution in [2.24, 2.45) is 5.73 Å². The van der Waals surface area contributed by atoms with Crippen LogP contribution in [0.1, 0.15) is 75.6 Å². The van der Waals surface area contributed by atoms with Crippen LogP contribution >= 0.6 is 11.3 Å². The van der Waals surface area contributed by atoms with E-state index in [9.17, 15) is 9.59 Å². The van der Waals surface area contributed by atoms with E-state index in [0.717, 1.165) is 29.1 Å². The van der Waals surface area contributed by atoms with Crippen LogP contribution in [0.2, 0.25) is 0 Å². The average Bonchev–Trinajstić information content (AvgIpc) is 3.64. The third-order valence-electron chi connectivity index (χ3n) is 6.60. The fourth-order valence-corrected chi connectivity index (χ4v) is 5.64. The number of hydrogen-bond donors (Lipinski definition) is 1. The Bertz CT molecular complexity index is 1440. The topological polar surface area (TPSA) is 115 Å². The fourth-order valence-electron chi connectivity index (χ4n) is 4.70. The number of aryl methyl sites for hydroxylation is 1. The van der Waals surface area contributed by atoms with E-state index in [1.165, 1.54) is 6.92 Å². The number of hydrogen-bond acceptors (Lipinski definition) is 8. The summed E-state index contributed by atoms with van der Waals surface area (Å²) >= 11 is 1.57. The Balaban J connectivity index is 1.46. The van der Waals surface area contributed by atoms with Gasteiger partial charge in [0.2, 0.25) is 11.8 Å². The van der Waals surface area contributed by atoms with E-state index in [1.54, 1.807) is 29.5 Å². The Hall–Kier alpha value is -3.69. The van der Waals surface area contributed by atoms with Crippen LogP contribution in [0.15, 0.2) is 58.3 Å². The van der Waals surface area contributed by atoms with Gasteiger partial charge in [-0.05, 0) is 63.8 Å². The van der Waals surface area contributed by atoms with E-state index in [4.69, 9.17) is 10.2 Å². The lowest BCUT2D eigenvalue weighted by Gasteiger charge is -2.23. The third kappa shape index (κ3) is 5.23. The van der Waals surface area contributed by atoms with E-state index >= 15 is 0 Å². The van der Waals surface area contributed by atoms with Crippen LogP contribution in [0.4, 0.5) is 0 Å². The molecule has 0 bridgehead atoms. The highest BCUT2D eigenvalue weighted by Gasteiger charge is 2.33. The molecule has 1 saturated heterocycles. The SMILES string of the molecule is CC(=O)c1cc(C(=O)N2CCCC2c2nc(C)cs2)cc(-c2nnc(C(C)(N)Cc3ccccc3)o2)c1. The van der Waals surface area contributed by atoms with Gasteiger partial charge in [-0.3, -0.25) is 9.59 Å². The molecule has 2 atom stereocenters. The molecule has 1 fully saturated rings. The Morgan fingerprint density at radius 3 is 2.62 bits per heavy atom. The molecule has 8 nitrogen and oxygen atoms in total. The zero-order valence-corrected chi connectivity index (χ0v) is 21.9. The Morgan fingerprint density at radius 1 is 1.16 bits per heavy atom. The maximum Gasteiger partial charge on any atom is 0.254 e. The number of thiazole rings is 1. The molecule has 1 amide bonds. The molecule has 0 spiro atoms. The van der Waals surface area contributed by atoms with Gasteiger partial charge in [0.05, 0.1) is 11.6 Å². The van der Waals surface area contributed by atoms with Crippen molar-refractivity contribution in [3.05, 3.63) is 87.2 Å². The van der Waals surface area contributed by atoms with Crippen LogP contribution in [-0.4, -0.2) is 38.3 Å². The molecule has 5 rings (SSSR count). The zero-order chi connectivity index (χ0) is 26.2. The minimum Gasteiger partial charge on any atom is -0.419 e. The van der Waals surface area contributed by atoms with E-state index < -0.39 is 5.54 Å². The lowest BCUT2D eigenvalue weighted by atomic mass is 9.94. The van der Waals surface area contributed by atoms with Gasteiger partial charge >= 0.3 is 0 Å². The quantitative estimate of drug-likeness (QED) is 0.341. The second-order valence-corrected chi connectivity index (χ2v) is 10.7. The molecular formula is C28H29N5O3S. The molecule has 2 unspecified atom stereocenters. The number of amides is 1. The van der Waals surface area contributed by atoms with Crippen molar-refractivity contribution in [2.75, 3.05) is 6.54 Å². The van der Waals surface area contributed by atoms with Gasteiger partial charge in [-0.25, -0.2) is 4.98 Å². The van der Waals surface area contributed by atoms with Crippen LogP contribution in [0.25, 0.3) is 11.5 Å². The summed E-state index contributed by atoms with van der Waals surface area (Å²) in [5, 5.41) is 11.4. The molecule has 0 radical (unpaired) electrons. The van der Waals surface area contributed by atoms with Gasteiger partial charge in [-0.15, -0.1) is 21.5 Å². The smallest absolute Gasteiger partial charge is 0.254 e. The summed E-state index contributed by atoms with van der Waals surface area (Å²) in [5.74, 6) is 0.195. The summed E-state index contributed by atoms with van der Waals surface area (Å²) in [4.78, 5) is 32.5. The van der Waals surface area contributed by atoms with E-state index in [0.29, 0.717) is 29.7 Å². The number of aromatic nitrogens is 3. The number of carbonyl (C=O) groups excluding carboxylic acids is 2. The monoisotopic (exact) mass is 515 g/mol. The second kappa shape index (κ2) is 9.99. The summed E-state index contributed by atoms with van der Waals surface area (Å²) in [5.41, 5.74) is 8.98. The summed E-state index contributed by atoms with van der Waals surface area (Å²) < 4.78 is 6.00. The lowest BCUT2D eigenvalue weighted by Crippen LogP contribution is -2.35. The average molecular weight is 516 g/mol. The first-order chi connectivity index (χ1) is 17.7. The maximum absolute atomic E-state index is 13.7. The van der Waals surface area contributed by atoms with Gasteiger partial charge in [-0.2, -0.15) is 0 Å². The number of nitrogens with two attached hydrogens (primary N) is 1. The predicted octanol–water partition coefficient (Wildman–Crippen LogP) is 5.10. The van der Waals surface area contributed by atoms with Crippen molar-refractivity contribution in [1.82, 2.24) is 20.1 Å². The van der Waals surface area contributed by atoms with Crippen LogP contribution in [0, 0.1) is 6.92 Å². The Morgan fingerprint density at radius 2 is 1.92 bits per heavy atom. The van der Waals surface area contributed by atoms with Gasteiger partial charge in [0.1, 0.15) is 5.01 Å². The molecule has 4 aromatic rings. The summed E-state index contributed by atoms with van der Waals surface area (Å²) in [6, 6.07) is 14.8. The highest BCUT2D eigenvalue weighted by molar-refractivity contribution is 7.09. The highest BCUT2D eigenvalue weighted by atomic mass is 32.1. The minimum atomic E-state index is -0.891. The van der Waals surface area contributed by atoms with E-state index in [2.05, 4.69) is 15.2 Å². The molecule has 2 aromatic heterocycles. The molecular weight excluding hydrogens is 486 g/mol. The Kier molecular flexibility index (Phi) is 6.74. The standard InChI is InChI=1S/C28H29N5O3S/c1-17-16-37-25(30-17)23-10-7-11-33(23)26(35)22-13-20(18(2)34)12-21(14-22)24-31-32-27(36-24)28(3,29)15-19-8-5-4-6-9-19/h4-6,8-9,12-14,16,23H,7,10-11,15,29H2,1-3H3. The van der Waals surface area contributed by atoms with Crippen LogP contribution in [-0.2, 0) is 12.0 Å². The molecule has 0 aliphatic carbocycles. The minimum absolute atomic E-state index is 0.0680.